The molecule has 0 spiro atoms. The van der Waals surface area contributed by atoms with Gasteiger partial charge < -0.3 is 25.2 Å². The number of hydrogen-bond donors (Lipinski definition) is 3. The molecular formula is C25H25ClN2O5. The van der Waals surface area contributed by atoms with Gasteiger partial charge in [-0.2, -0.15) is 0 Å². The molecule has 0 aromatic heterocycles. The van der Waals surface area contributed by atoms with Gasteiger partial charge in [-0.05, 0) is 55.3 Å². The average molecular weight is 469 g/mol. The first-order valence-electron chi connectivity index (χ1n) is 10.2. The van der Waals surface area contributed by atoms with E-state index in [0.29, 0.717) is 34.4 Å². The summed E-state index contributed by atoms with van der Waals surface area (Å²) >= 11 is 6.44. The molecule has 0 heterocycles. The maximum atomic E-state index is 12.2. The van der Waals surface area contributed by atoms with E-state index >= 15 is 0 Å². The molecule has 3 aromatic carbocycles. The van der Waals surface area contributed by atoms with E-state index in [4.69, 9.17) is 21.1 Å². The van der Waals surface area contributed by atoms with E-state index in [0.717, 1.165) is 16.7 Å². The Hall–Kier alpha value is -3.71. The first-order valence-corrected chi connectivity index (χ1v) is 10.6. The van der Waals surface area contributed by atoms with Crippen molar-refractivity contribution >= 4 is 34.9 Å². The number of carbonyl (C=O) groups is 2. The van der Waals surface area contributed by atoms with Crippen molar-refractivity contribution in [3.8, 4) is 11.5 Å². The summed E-state index contributed by atoms with van der Waals surface area (Å²) in [6, 6.07) is 15.6. The van der Waals surface area contributed by atoms with Gasteiger partial charge in [-0.3, -0.25) is 4.79 Å². The Morgan fingerprint density at radius 1 is 1.00 bits per heavy atom. The molecule has 0 saturated carbocycles. The zero-order valence-corrected chi connectivity index (χ0v) is 19.3. The van der Waals surface area contributed by atoms with Crippen molar-refractivity contribution in [2.45, 2.75) is 20.4 Å². The Balaban J connectivity index is 1.67. The standard InChI is InChI=1S/C25H25ClN2O5/c1-15-4-8-19(9-5-15)28-24(29)14-33-23-12-20(26)18(11-22(23)32-3)13-27-21-10-17(25(30)31)7-6-16(21)2/h4-12,27H,13-14H2,1-3H3,(H,28,29)(H,30,31). The van der Waals surface area contributed by atoms with E-state index in [2.05, 4.69) is 10.6 Å². The van der Waals surface area contributed by atoms with Gasteiger partial charge in [0.05, 0.1) is 12.7 Å². The summed E-state index contributed by atoms with van der Waals surface area (Å²) < 4.78 is 11.0. The van der Waals surface area contributed by atoms with Crippen LogP contribution in [-0.2, 0) is 11.3 Å². The molecule has 3 N–H and O–H groups in total. The minimum absolute atomic E-state index is 0.194. The predicted octanol–water partition coefficient (Wildman–Crippen LogP) is 5.29. The van der Waals surface area contributed by atoms with Crippen LogP contribution >= 0.6 is 11.6 Å². The molecule has 0 aliphatic carbocycles. The van der Waals surface area contributed by atoms with E-state index in [1.807, 2.05) is 38.1 Å². The Bertz CT molecular complexity index is 1160. The fourth-order valence-electron chi connectivity index (χ4n) is 3.10. The van der Waals surface area contributed by atoms with Gasteiger partial charge in [-0.15, -0.1) is 0 Å². The lowest BCUT2D eigenvalue weighted by Crippen LogP contribution is -2.20. The SMILES string of the molecule is COc1cc(CNc2cc(C(=O)O)ccc2C)c(Cl)cc1OCC(=O)Nc1ccc(C)cc1. The van der Waals surface area contributed by atoms with Crippen LogP contribution in [0, 0.1) is 13.8 Å². The van der Waals surface area contributed by atoms with Crippen molar-refractivity contribution in [2.75, 3.05) is 24.4 Å². The minimum atomic E-state index is -0.995. The number of rotatable bonds is 9. The van der Waals surface area contributed by atoms with Gasteiger partial charge in [0.2, 0.25) is 0 Å². The molecule has 0 saturated heterocycles. The fraction of sp³-hybridized carbons (Fsp3) is 0.200. The molecule has 3 aromatic rings. The third-order valence-electron chi connectivity index (χ3n) is 4.98. The molecule has 172 valence electrons. The third kappa shape index (κ3) is 6.40. The van der Waals surface area contributed by atoms with Crippen LogP contribution in [0.4, 0.5) is 11.4 Å². The van der Waals surface area contributed by atoms with Gasteiger partial charge in [0.1, 0.15) is 0 Å². The Kier molecular flexibility index (Phi) is 7.79. The van der Waals surface area contributed by atoms with Crippen molar-refractivity contribution in [3.05, 3.63) is 81.9 Å². The van der Waals surface area contributed by atoms with E-state index in [-0.39, 0.29) is 18.1 Å². The molecule has 0 radical (unpaired) electrons. The van der Waals surface area contributed by atoms with Crippen molar-refractivity contribution < 1.29 is 24.2 Å². The van der Waals surface area contributed by atoms with Gasteiger partial charge in [-0.25, -0.2) is 4.79 Å². The first-order chi connectivity index (χ1) is 15.8. The van der Waals surface area contributed by atoms with Crippen molar-refractivity contribution in [2.24, 2.45) is 0 Å². The number of methoxy groups -OCH3 is 1. The largest absolute Gasteiger partial charge is 0.493 e. The van der Waals surface area contributed by atoms with Crippen LogP contribution in [0.5, 0.6) is 11.5 Å². The number of carboxylic acid groups (broad SMARTS) is 1. The zero-order chi connectivity index (χ0) is 24.0. The molecule has 0 fully saturated rings. The van der Waals surface area contributed by atoms with E-state index in [9.17, 15) is 14.7 Å². The van der Waals surface area contributed by atoms with E-state index in [1.54, 1.807) is 30.3 Å². The topological polar surface area (TPSA) is 96.9 Å². The lowest BCUT2D eigenvalue weighted by molar-refractivity contribution is -0.118. The van der Waals surface area contributed by atoms with Crippen LogP contribution in [0.1, 0.15) is 27.0 Å². The number of carboxylic acids is 1. The van der Waals surface area contributed by atoms with E-state index in [1.165, 1.54) is 7.11 Å². The zero-order valence-electron chi connectivity index (χ0n) is 18.6. The summed E-state index contributed by atoms with van der Waals surface area (Å²) in [5.74, 6) is -0.535. The maximum Gasteiger partial charge on any atom is 0.335 e. The minimum Gasteiger partial charge on any atom is -0.493 e. The van der Waals surface area contributed by atoms with Gasteiger partial charge in [-0.1, -0.05) is 35.4 Å². The van der Waals surface area contributed by atoms with Gasteiger partial charge in [0.25, 0.3) is 5.91 Å². The predicted molar refractivity (Wildman–Crippen MR) is 129 cm³/mol. The lowest BCUT2D eigenvalue weighted by atomic mass is 10.1. The first kappa shape index (κ1) is 23.9. The van der Waals surface area contributed by atoms with Crippen LogP contribution in [0.25, 0.3) is 0 Å². The summed E-state index contributed by atoms with van der Waals surface area (Å²) in [4.78, 5) is 23.5. The summed E-state index contributed by atoms with van der Waals surface area (Å²) in [5, 5.41) is 15.6. The molecule has 0 atom stereocenters. The number of aromatic carboxylic acids is 1. The normalized spacial score (nSPS) is 10.4. The summed E-state index contributed by atoms with van der Waals surface area (Å²) in [6.07, 6.45) is 0. The molecule has 0 aliphatic rings. The van der Waals surface area contributed by atoms with E-state index < -0.39 is 5.97 Å². The van der Waals surface area contributed by atoms with Crippen molar-refractivity contribution in [1.82, 2.24) is 0 Å². The van der Waals surface area contributed by atoms with Gasteiger partial charge >= 0.3 is 5.97 Å². The second kappa shape index (κ2) is 10.7. The quantitative estimate of drug-likeness (QED) is 0.394. The maximum absolute atomic E-state index is 12.2. The highest BCUT2D eigenvalue weighted by atomic mass is 35.5. The Morgan fingerprint density at radius 3 is 2.39 bits per heavy atom. The lowest BCUT2D eigenvalue weighted by Gasteiger charge is -2.15. The van der Waals surface area contributed by atoms with Crippen molar-refractivity contribution in [1.29, 1.82) is 0 Å². The van der Waals surface area contributed by atoms with Crippen LogP contribution in [-0.4, -0.2) is 30.7 Å². The van der Waals surface area contributed by atoms with Crippen LogP contribution in [0.3, 0.4) is 0 Å². The molecule has 0 unspecified atom stereocenters. The van der Waals surface area contributed by atoms with Crippen molar-refractivity contribution in [3.63, 3.8) is 0 Å². The molecule has 8 heteroatoms. The van der Waals surface area contributed by atoms with Crippen LogP contribution in [0.2, 0.25) is 5.02 Å². The molecule has 33 heavy (non-hydrogen) atoms. The number of nitrogens with one attached hydrogen (secondary N) is 2. The molecule has 0 aliphatic heterocycles. The molecule has 1 amide bonds. The monoisotopic (exact) mass is 468 g/mol. The highest BCUT2D eigenvalue weighted by Gasteiger charge is 2.14. The Labute approximate surface area is 197 Å². The molecule has 3 rings (SSSR count). The molecule has 7 nitrogen and oxygen atoms in total. The number of anilines is 2. The van der Waals surface area contributed by atoms with Crippen LogP contribution < -0.4 is 20.1 Å². The highest BCUT2D eigenvalue weighted by Crippen LogP contribution is 2.34. The van der Waals surface area contributed by atoms with Gasteiger partial charge in [0, 0.05) is 29.0 Å². The van der Waals surface area contributed by atoms with Gasteiger partial charge in [0.15, 0.2) is 18.1 Å². The second-order valence-electron chi connectivity index (χ2n) is 7.49. The fourth-order valence-corrected chi connectivity index (χ4v) is 3.32. The molecular weight excluding hydrogens is 444 g/mol. The Morgan fingerprint density at radius 2 is 1.73 bits per heavy atom. The number of hydrogen-bond acceptors (Lipinski definition) is 5. The average Bonchev–Trinajstić information content (AvgIpc) is 2.79. The number of amides is 1. The van der Waals surface area contributed by atoms with Crippen LogP contribution in [0.15, 0.2) is 54.6 Å². The summed E-state index contributed by atoms with van der Waals surface area (Å²) in [6.45, 7) is 3.99. The third-order valence-corrected chi connectivity index (χ3v) is 5.33. The molecule has 0 bridgehead atoms. The number of benzene rings is 3. The smallest absolute Gasteiger partial charge is 0.335 e. The second-order valence-corrected chi connectivity index (χ2v) is 7.89. The number of carbonyl (C=O) groups excluding carboxylic acids is 1. The number of ether oxygens (including phenoxy) is 2. The summed E-state index contributed by atoms with van der Waals surface area (Å²) in [7, 11) is 1.50. The number of aryl methyl sites for hydroxylation is 2. The highest BCUT2D eigenvalue weighted by molar-refractivity contribution is 6.31. The summed E-state index contributed by atoms with van der Waals surface area (Å²) in [5.41, 5.74) is 4.30. The number of halogens is 1.